The lowest BCUT2D eigenvalue weighted by atomic mass is 9.75. The number of thiophene rings is 1. The number of methoxy groups -OCH3 is 1. The van der Waals surface area contributed by atoms with E-state index in [0.717, 1.165) is 53.9 Å². The van der Waals surface area contributed by atoms with Gasteiger partial charge in [0.1, 0.15) is 22.6 Å². The van der Waals surface area contributed by atoms with E-state index in [4.69, 9.17) is 10.5 Å². The van der Waals surface area contributed by atoms with Gasteiger partial charge in [-0.2, -0.15) is 10.5 Å². The molecule has 0 amide bonds. The van der Waals surface area contributed by atoms with Crippen molar-refractivity contribution < 1.29 is 9.53 Å². The Balaban J connectivity index is 1.72. The number of Topliss-reactive ketones (excluding diaryl/α,β-unsaturated/α-hetero) is 1. The molecular formula is C27H26N4O2S. The third kappa shape index (κ3) is 3.48. The molecule has 1 atom stereocenters. The van der Waals surface area contributed by atoms with Crippen molar-refractivity contribution in [2.24, 2.45) is 5.73 Å². The first-order valence-corrected chi connectivity index (χ1v) is 12.5. The molecule has 0 saturated heterocycles. The molecule has 2 aliphatic carbocycles. The molecule has 172 valence electrons. The van der Waals surface area contributed by atoms with Gasteiger partial charge in [-0.1, -0.05) is 18.6 Å². The highest BCUT2D eigenvalue weighted by atomic mass is 32.1. The number of carbonyl (C=O) groups excluding carboxylic acids is 1. The molecule has 5 rings (SSSR count). The summed E-state index contributed by atoms with van der Waals surface area (Å²) in [5.41, 5.74) is 11.2. The highest BCUT2D eigenvalue weighted by Gasteiger charge is 2.41. The summed E-state index contributed by atoms with van der Waals surface area (Å²) in [5, 5.41) is 21.1. The van der Waals surface area contributed by atoms with Crippen molar-refractivity contribution >= 4 is 22.1 Å². The van der Waals surface area contributed by atoms with Gasteiger partial charge in [-0.05, 0) is 61.8 Å². The smallest absolute Gasteiger partial charge is 0.161 e. The Labute approximate surface area is 203 Å². The van der Waals surface area contributed by atoms with Crippen LogP contribution in [-0.2, 0) is 17.6 Å². The van der Waals surface area contributed by atoms with Crippen LogP contribution in [-0.4, -0.2) is 12.9 Å². The molecule has 2 heterocycles. The fourth-order valence-electron chi connectivity index (χ4n) is 5.45. The van der Waals surface area contributed by atoms with Crippen molar-refractivity contribution in [3.63, 3.8) is 0 Å². The van der Waals surface area contributed by atoms with E-state index >= 15 is 0 Å². The first kappa shape index (κ1) is 22.3. The number of rotatable bonds is 3. The average Bonchev–Trinajstić information content (AvgIpc) is 3.03. The second-order valence-corrected chi connectivity index (χ2v) is 10.0. The Morgan fingerprint density at radius 2 is 1.79 bits per heavy atom. The first-order valence-electron chi connectivity index (χ1n) is 11.7. The number of carbonyl (C=O) groups is 1. The topological polar surface area (TPSA) is 103 Å². The maximum absolute atomic E-state index is 13.3. The molecule has 6 nitrogen and oxygen atoms in total. The number of nitrogens with two attached hydrogens (primary N) is 1. The van der Waals surface area contributed by atoms with Gasteiger partial charge in [0.25, 0.3) is 0 Å². The normalized spacial score (nSPS) is 20.3. The van der Waals surface area contributed by atoms with Gasteiger partial charge in [0.05, 0.1) is 30.2 Å². The number of nitriles is 2. The minimum absolute atomic E-state index is 0.0453. The first-order chi connectivity index (χ1) is 16.6. The molecule has 3 aliphatic rings. The number of aryl methyl sites for hydroxylation is 1. The molecule has 2 N–H and O–H groups in total. The van der Waals surface area contributed by atoms with Crippen molar-refractivity contribution in [3.8, 4) is 17.9 Å². The van der Waals surface area contributed by atoms with E-state index in [2.05, 4.69) is 12.1 Å². The number of allylic oxidation sites excluding steroid dienone is 3. The zero-order chi connectivity index (χ0) is 23.8. The second kappa shape index (κ2) is 9.00. The number of hydrogen-bond donors (Lipinski definition) is 1. The summed E-state index contributed by atoms with van der Waals surface area (Å²) >= 11 is 1.60. The predicted molar refractivity (Wildman–Crippen MR) is 131 cm³/mol. The molecule has 0 unspecified atom stereocenters. The highest BCUT2D eigenvalue weighted by molar-refractivity contribution is 7.16. The summed E-state index contributed by atoms with van der Waals surface area (Å²) in [4.78, 5) is 16.4. The zero-order valence-electron chi connectivity index (χ0n) is 19.2. The summed E-state index contributed by atoms with van der Waals surface area (Å²) in [5.74, 6) is 0.562. The van der Waals surface area contributed by atoms with E-state index in [0.29, 0.717) is 41.1 Å². The standard InChI is InChI=1S/C27H26N4O2S/c1-33-17-12-10-16(11-13-17)24-20(15-29)26(30)31(21-7-5-8-22(32)25(21)24)27-19(14-28)18-6-3-2-4-9-23(18)34-27/h10-13,24H,2-9,30H2,1H3/t24-/m1/s1. The van der Waals surface area contributed by atoms with Crippen LogP contribution in [0.5, 0.6) is 5.75 Å². The molecule has 1 aliphatic heterocycles. The molecule has 0 saturated carbocycles. The van der Waals surface area contributed by atoms with Gasteiger partial charge >= 0.3 is 0 Å². The van der Waals surface area contributed by atoms with Crippen LogP contribution >= 0.6 is 11.3 Å². The minimum atomic E-state index is -0.515. The van der Waals surface area contributed by atoms with Crippen molar-refractivity contribution in [1.29, 1.82) is 10.5 Å². The third-order valence-corrected chi connectivity index (χ3v) is 8.36. The van der Waals surface area contributed by atoms with Crippen LogP contribution < -0.4 is 15.4 Å². The van der Waals surface area contributed by atoms with E-state index in [1.807, 2.05) is 29.2 Å². The lowest BCUT2D eigenvalue weighted by molar-refractivity contribution is -0.116. The third-order valence-electron chi connectivity index (χ3n) is 7.08. The second-order valence-electron chi connectivity index (χ2n) is 8.95. The van der Waals surface area contributed by atoms with Crippen LogP contribution in [0.15, 0.2) is 46.9 Å². The van der Waals surface area contributed by atoms with Crippen molar-refractivity contribution in [3.05, 3.63) is 68.5 Å². The number of anilines is 1. The fourth-order valence-corrected chi connectivity index (χ4v) is 6.83. The number of ether oxygens (including phenoxy) is 1. The van der Waals surface area contributed by atoms with Crippen molar-refractivity contribution in [2.45, 2.75) is 57.3 Å². The molecule has 0 fully saturated rings. The minimum Gasteiger partial charge on any atom is -0.497 e. The Bertz CT molecular complexity index is 1300. The molecule has 7 heteroatoms. The molecule has 0 spiro atoms. The largest absolute Gasteiger partial charge is 0.497 e. The van der Waals surface area contributed by atoms with Gasteiger partial charge in [0.2, 0.25) is 0 Å². The van der Waals surface area contributed by atoms with Crippen LogP contribution in [0.4, 0.5) is 5.00 Å². The van der Waals surface area contributed by atoms with Crippen molar-refractivity contribution in [1.82, 2.24) is 0 Å². The monoisotopic (exact) mass is 470 g/mol. The molecular weight excluding hydrogens is 444 g/mol. The molecule has 34 heavy (non-hydrogen) atoms. The van der Waals surface area contributed by atoms with Crippen LogP contribution in [0.25, 0.3) is 0 Å². The Morgan fingerprint density at radius 1 is 1.03 bits per heavy atom. The molecule has 0 radical (unpaired) electrons. The van der Waals surface area contributed by atoms with E-state index < -0.39 is 5.92 Å². The van der Waals surface area contributed by atoms with E-state index in [1.165, 1.54) is 11.3 Å². The van der Waals surface area contributed by atoms with Gasteiger partial charge < -0.3 is 10.5 Å². The summed E-state index contributed by atoms with van der Waals surface area (Å²) in [6.45, 7) is 0. The zero-order valence-corrected chi connectivity index (χ0v) is 20.0. The summed E-state index contributed by atoms with van der Waals surface area (Å²) in [6, 6.07) is 12.2. The lowest BCUT2D eigenvalue weighted by Gasteiger charge is -2.39. The maximum atomic E-state index is 13.3. The molecule has 1 aromatic carbocycles. The van der Waals surface area contributed by atoms with Gasteiger partial charge in [-0.3, -0.25) is 9.69 Å². The number of hydrogen-bond acceptors (Lipinski definition) is 7. The van der Waals surface area contributed by atoms with Crippen molar-refractivity contribution in [2.75, 3.05) is 12.0 Å². The van der Waals surface area contributed by atoms with Crippen LogP contribution in [0.1, 0.15) is 66.0 Å². The Morgan fingerprint density at radius 3 is 2.50 bits per heavy atom. The summed E-state index contributed by atoms with van der Waals surface area (Å²) in [6.07, 6.45) is 7.04. The fraction of sp³-hybridized carbons (Fsp3) is 0.370. The average molecular weight is 471 g/mol. The van der Waals surface area contributed by atoms with Crippen LogP contribution in [0.3, 0.4) is 0 Å². The van der Waals surface area contributed by atoms with Gasteiger partial charge in [0.15, 0.2) is 5.78 Å². The molecule has 0 bridgehead atoms. The highest BCUT2D eigenvalue weighted by Crippen LogP contribution is 2.50. The lowest BCUT2D eigenvalue weighted by Crippen LogP contribution is -2.38. The summed E-state index contributed by atoms with van der Waals surface area (Å²) in [7, 11) is 1.60. The number of fused-ring (bicyclic) bond motifs is 1. The molecule has 1 aromatic heterocycles. The Kier molecular flexibility index (Phi) is 5.89. The van der Waals surface area contributed by atoms with Gasteiger partial charge in [-0.25, -0.2) is 0 Å². The quantitative estimate of drug-likeness (QED) is 0.618. The SMILES string of the molecule is COc1ccc([C@@H]2C(C#N)=C(N)N(c3sc4c(c3C#N)CCCCC4)C3=C2C(=O)CCC3)cc1. The van der Waals surface area contributed by atoms with Gasteiger partial charge in [-0.15, -0.1) is 11.3 Å². The predicted octanol–water partition coefficient (Wildman–Crippen LogP) is 5.20. The van der Waals surface area contributed by atoms with Crippen LogP contribution in [0, 0.1) is 22.7 Å². The number of ketones is 1. The van der Waals surface area contributed by atoms with Gasteiger partial charge in [0, 0.05) is 22.6 Å². The van der Waals surface area contributed by atoms with E-state index in [1.54, 1.807) is 18.4 Å². The molecule has 2 aromatic rings. The van der Waals surface area contributed by atoms with E-state index in [9.17, 15) is 15.3 Å². The van der Waals surface area contributed by atoms with Crippen LogP contribution in [0.2, 0.25) is 0 Å². The Hall–Kier alpha value is -3.55. The maximum Gasteiger partial charge on any atom is 0.161 e. The number of nitrogens with zero attached hydrogens (tertiary/aromatic N) is 3. The van der Waals surface area contributed by atoms with E-state index in [-0.39, 0.29) is 5.78 Å². The summed E-state index contributed by atoms with van der Waals surface area (Å²) < 4.78 is 5.29. The number of benzene rings is 1.